The summed E-state index contributed by atoms with van der Waals surface area (Å²) >= 11 is 6.07. The van der Waals surface area contributed by atoms with Crippen LogP contribution in [0.1, 0.15) is 29.0 Å². The van der Waals surface area contributed by atoms with Gasteiger partial charge in [0.05, 0.1) is 20.8 Å². The molecule has 0 saturated heterocycles. The van der Waals surface area contributed by atoms with Gasteiger partial charge in [0.2, 0.25) is 5.91 Å². The summed E-state index contributed by atoms with van der Waals surface area (Å²) in [5.41, 5.74) is 4.04. The molecule has 5 heteroatoms. The number of hydrogen-bond donors (Lipinski definition) is 0. The molecular weight excluding hydrogens is 434 g/mol. The molecule has 33 heavy (non-hydrogen) atoms. The molecule has 0 fully saturated rings. The van der Waals surface area contributed by atoms with Crippen LogP contribution in [0.15, 0.2) is 78.9 Å². The summed E-state index contributed by atoms with van der Waals surface area (Å²) in [6.45, 7) is 0.489. The minimum absolute atomic E-state index is 0.0719. The van der Waals surface area contributed by atoms with Gasteiger partial charge in [-0.1, -0.05) is 66.2 Å². The first-order valence-corrected chi connectivity index (χ1v) is 11.3. The number of carbonyl (C=O) groups is 1. The number of anilines is 1. The van der Waals surface area contributed by atoms with E-state index in [1.807, 2.05) is 59.5 Å². The lowest BCUT2D eigenvalue weighted by Crippen LogP contribution is -2.36. The van der Waals surface area contributed by atoms with Gasteiger partial charge in [0.15, 0.2) is 11.5 Å². The van der Waals surface area contributed by atoms with Gasteiger partial charge in [-0.3, -0.25) is 4.79 Å². The number of halogens is 1. The molecule has 1 amide bonds. The quantitative estimate of drug-likeness (QED) is 0.340. The number of amides is 1. The van der Waals surface area contributed by atoms with Crippen LogP contribution in [0.3, 0.4) is 0 Å². The Morgan fingerprint density at radius 1 is 0.909 bits per heavy atom. The number of benzene rings is 4. The van der Waals surface area contributed by atoms with E-state index in [1.165, 1.54) is 0 Å². The molecule has 0 aliphatic carbocycles. The summed E-state index contributed by atoms with van der Waals surface area (Å²) in [6, 6.07) is 26.0. The highest BCUT2D eigenvalue weighted by Gasteiger charge is 2.35. The first kappa shape index (κ1) is 21.4. The molecule has 166 valence electrons. The second-order valence-electron chi connectivity index (χ2n) is 8.17. The Hall–Kier alpha value is -3.50. The van der Waals surface area contributed by atoms with Crippen molar-refractivity contribution in [3.8, 4) is 11.5 Å². The summed E-state index contributed by atoms with van der Waals surface area (Å²) in [7, 11) is 3.27. The number of carbonyl (C=O) groups excluding carboxylic acids is 1. The Morgan fingerprint density at radius 3 is 2.45 bits per heavy atom. The van der Waals surface area contributed by atoms with Gasteiger partial charge in [-0.25, -0.2) is 0 Å². The van der Waals surface area contributed by atoms with Crippen molar-refractivity contribution in [1.29, 1.82) is 0 Å². The maximum atomic E-state index is 13.5. The predicted molar refractivity (Wildman–Crippen MR) is 133 cm³/mol. The maximum absolute atomic E-state index is 13.5. The normalized spacial score (nSPS) is 15.4. The molecule has 5 rings (SSSR count). The van der Waals surface area contributed by atoms with Gasteiger partial charge in [-0.2, -0.15) is 0 Å². The zero-order valence-electron chi connectivity index (χ0n) is 18.5. The average molecular weight is 458 g/mol. The summed E-state index contributed by atoms with van der Waals surface area (Å²) in [5.74, 6) is 1.25. The molecule has 4 aromatic rings. The molecule has 4 aromatic carbocycles. The van der Waals surface area contributed by atoms with Crippen molar-refractivity contribution in [2.45, 2.75) is 18.9 Å². The van der Waals surface area contributed by atoms with Crippen LogP contribution in [0.25, 0.3) is 10.8 Å². The van der Waals surface area contributed by atoms with Crippen LogP contribution >= 0.6 is 11.6 Å². The number of rotatable bonds is 5. The van der Waals surface area contributed by atoms with Gasteiger partial charge >= 0.3 is 0 Å². The molecule has 0 radical (unpaired) electrons. The molecule has 1 aliphatic rings. The number of hydrogen-bond acceptors (Lipinski definition) is 3. The largest absolute Gasteiger partial charge is 0.493 e. The minimum atomic E-state index is -0.148. The van der Waals surface area contributed by atoms with Crippen LogP contribution in [-0.2, 0) is 11.3 Å². The first-order chi connectivity index (χ1) is 16.1. The molecule has 1 unspecified atom stereocenters. The second kappa shape index (κ2) is 8.80. The van der Waals surface area contributed by atoms with E-state index in [0.717, 1.165) is 33.2 Å². The summed E-state index contributed by atoms with van der Waals surface area (Å²) in [4.78, 5) is 15.4. The van der Waals surface area contributed by atoms with E-state index in [2.05, 4.69) is 24.3 Å². The van der Waals surface area contributed by atoms with E-state index in [0.29, 0.717) is 29.5 Å². The van der Waals surface area contributed by atoms with Crippen molar-refractivity contribution in [2.24, 2.45) is 0 Å². The Bertz CT molecular complexity index is 1330. The van der Waals surface area contributed by atoms with Gasteiger partial charge in [0.1, 0.15) is 0 Å². The predicted octanol–water partition coefficient (Wildman–Crippen LogP) is 6.58. The van der Waals surface area contributed by atoms with Crippen molar-refractivity contribution in [1.82, 2.24) is 0 Å². The Kier molecular flexibility index (Phi) is 5.69. The lowest BCUT2D eigenvalue weighted by Gasteiger charge is -2.36. The van der Waals surface area contributed by atoms with Crippen molar-refractivity contribution in [3.05, 3.63) is 101 Å². The highest BCUT2D eigenvalue weighted by molar-refractivity contribution is 6.30. The molecule has 1 atom stereocenters. The van der Waals surface area contributed by atoms with Crippen LogP contribution in [0.2, 0.25) is 5.02 Å². The summed E-state index contributed by atoms with van der Waals surface area (Å²) in [6.07, 6.45) is 0.345. The molecule has 0 aromatic heterocycles. The van der Waals surface area contributed by atoms with Crippen LogP contribution < -0.4 is 14.4 Å². The van der Waals surface area contributed by atoms with Crippen LogP contribution in [0, 0.1) is 0 Å². The van der Waals surface area contributed by atoms with Gasteiger partial charge in [0.25, 0.3) is 0 Å². The zero-order chi connectivity index (χ0) is 22.9. The van der Waals surface area contributed by atoms with E-state index in [1.54, 1.807) is 14.2 Å². The van der Waals surface area contributed by atoms with Crippen LogP contribution in [0.4, 0.5) is 5.69 Å². The third kappa shape index (κ3) is 3.81. The topological polar surface area (TPSA) is 38.8 Å². The molecular formula is C28H24ClNO3. The van der Waals surface area contributed by atoms with Gasteiger partial charge < -0.3 is 14.4 Å². The fraction of sp³-hybridized carbons (Fsp3) is 0.179. The summed E-state index contributed by atoms with van der Waals surface area (Å²) < 4.78 is 11.3. The maximum Gasteiger partial charge on any atom is 0.228 e. The van der Waals surface area contributed by atoms with E-state index < -0.39 is 0 Å². The lowest BCUT2D eigenvalue weighted by atomic mass is 9.80. The number of ether oxygens (including phenoxy) is 2. The number of fused-ring (bicyclic) bond motifs is 3. The Labute approximate surface area is 198 Å². The second-order valence-corrected chi connectivity index (χ2v) is 8.60. The minimum Gasteiger partial charge on any atom is -0.493 e. The number of para-hydroxylation sites is 1. The van der Waals surface area contributed by atoms with Crippen molar-refractivity contribution >= 4 is 34.0 Å². The van der Waals surface area contributed by atoms with Crippen LogP contribution in [-0.4, -0.2) is 20.1 Å². The summed E-state index contributed by atoms with van der Waals surface area (Å²) in [5, 5.41) is 2.96. The fourth-order valence-electron chi connectivity index (χ4n) is 4.80. The molecule has 4 nitrogen and oxygen atoms in total. The average Bonchev–Trinajstić information content (AvgIpc) is 2.85. The fourth-order valence-corrected chi connectivity index (χ4v) is 4.93. The van der Waals surface area contributed by atoms with Gasteiger partial charge in [-0.05, 0) is 46.2 Å². The van der Waals surface area contributed by atoms with E-state index in [9.17, 15) is 4.79 Å². The Morgan fingerprint density at radius 2 is 1.70 bits per heavy atom. The van der Waals surface area contributed by atoms with Crippen molar-refractivity contribution < 1.29 is 14.3 Å². The highest BCUT2D eigenvalue weighted by Crippen LogP contribution is 2.48. The molecule has 0 N–H and O–H groups in total. The SMILES string of the molecule is COc1cccc(C2CC(=O)N(Cc3ccc(Cl)cc3)c3ccc4ccccc4c32)c1OC. The van der Waals surface area contributed by atoms with Crippen molar-refractivity contribution in [2.75, 3.05) is 19.1 Å². The zero-order valence-corrected chi connectivity index (χ0v) is 19.3. The van der Waals surface area contributed by atoms with E-state index in [-0.39, 0.29) is 11.8 Å². The molecule has 0 bridgehead atoms. The van der Waals surface area contributed by atoms with Gasteiger partial charge in [-0.15, -0.1) is 0 Å². The number of methoxy groups -OCH3 is 2. The molecule has 0 spiro atoms. The van der Waals surface area contributed by atoms with E-state index in [4.69, 9.17) is 21.1 Å². The molecule has 1 aliphatic heterocycles. The van der Waals surface area contributed by atoms with Crippen LogP contribution in [0.5, 0.6) is 11.5 Å². The Balaban J connectivity index is 1.70. The standard InChI is InChI=1S/C28H24ClNO3/c1-32-25-9-5-8-22(28(25)33-2)23-16-26(31)30(17-18-10-13-20(29)14-11-18)24-15-12-19-6-3-4-7-21(19)27(23)24/h3-15,23H,16-17H2,1-2H3. The first-order valence-electron chi connectivity index (χ1n) is 10.9. The molecule has 0 saturated carbocycles. The highest BCUT2D eigenvalue weighted by atomic mass is 35.5. The smallest absolute Gasteiger partial charge is 0.228 e. The van der Waals surface area contributed by atoms with E-state index >= 15 is 0 Å². The molecule has 1 heterocycles. The number of nitrogens with zero attached hydrogens (tertiary/aromatic N) is 1. The third-order valence-electron chi connectivity index (χ3n) is 6.33. The third-order valence-corrected chi connectivity index (χ3v) is 6.58. The monoisotopic (exact) mass is 457 g/mol. The lowest BCUT2D eigenvalue weighted by molar-refractivity contribution is -0.119. The van der Waals surface area contributed by atoms with Crippen molar-refractivity contribution in [3.63, 3.8) is 0 Å². The van der Waals surface area contributed by atoms with Gasteiger partial charge in [0, 0.05) is 28.6 Å².